The minimum Gasteiger partial charge on any atom is -0.308 e. The van der Waals surface area contributed by atoms with Crippen LogP contribution in [0.1, 0.15) is 24.8 Å². The summed E-state index contributed by atoms with van der Waals surface area (Å²) >= 11 is 0. The van der Waals surface area contributed by atoms with E-state index in [-0.39, 0.29) is 5.41 Å². The molecule has 0 aromatic heterocycles. The second-order valence-corrected chi connectivity index (χ2v) is 5.15. The van der Waals surface area contributed by atoms with Crippen LogP contribution in [0.15, 0.2) is 24.3 Å². The Labute approximate surface area is 88.9 Å². The van der Waals surface area contributed by atoms with Crippen LogP contribution in [0.25, 0.3) is 0 Å². The Morgan fingerprint density at radius 1 is 1.27 bits per heavy atom. The van der Waals surface area contributed by atoms with Crippen molar-refractivity contribution >= 4 is 11.6 Å². The van der Waals surface area contributed by atoms with E-state index >= 15 is 0 Å². The zero-order chi connectivity index (χ0) is 10.0. The van der Waals surface area contributed by atoms with Crippen LogP contribution in [0, 0.1) is 5.41 Å². The maximum atomic E-state index is 12.3. The van der Waals surface area contributed by atoms with Gasteiger partial charge in [0, 0.05) is 11.7 Å². The van der Waals surface area contributed by atoms with Crippen LogP contribution in [-0.4, -0.2) is 11.9 Å². The number of fused-ring (bicyclic) bond motifs is 3. The molecule has 4 rings (SSSR count). The van der Waals surface area contributed by atoms with E-state index in [1.807, 2.05) is 6.07 Å². The molecular formula is C13H13NO. The van der Waals surface area contributed by atoms with Gasteiger partial charge in [0.1, 0.15) is 0 Å². The second-order valence-electron chi connectivity index (χ2n) is 5.15. The van der Waals surface area contributed by atoms with Gasteiger partial charge in [-0.3, -0.25) is 4.79 Å². The highest BCUT2D eigenvalue weighted by Crippen LogP contribution is 2.58. The second kappa shape index (κ2) is 2.26. The van der Waals surface area contributed by atoms with Crippen LogP contribution >= 0.6 is 0 Å². The lowest BCUT2D eigenvalue weighted by Gasteiger charge is -2.16. The van der Waals surface area contributed by atoms with E-state index in [0.29, 0.717) is 11.9 Å². The van der Waals surface area contributed by atoms with Gasteiger partial charge in [0.05, 0.1) is 5.41 Å². The zero-order valence-electron chi connectivity index (χ0n) is 8.57. The molecule has 1 atom stereocenters. The zero-order valence-corrected chi connectivity index (χ0v) is 8.57. The van der Waals surface area contributed by atoms with Gasteiger partial charge in [-0.05, 0) is 37.3 Å². The summed E-state index contributed by atoms with van der Waals surface area (Å²) in [5, 5.41) is 0. The van der Waals surface area contributed by atoms with E-state index < -0.39 is 0 Å². The Bertz CT molecular complexity index is 461. The summed E-state index contributed by atoms with van der Waals surface area (Å²) in [6, 6.07) is 8.82. The van der Waals surface area contributed by atoms with Gasteiger partial charge in [0.25, 0.3) is 0 Å². The lowest BCUT2D eigenvalue weighted by molar-refractivity contribution is -0.121. The fourth-order valence-corrected chi connectivity index (χ4v) is 3.26. The molecule has 0 radical (unpaired) electrons. The third kappa shape index (κ3) is 0.834. The first kappa shape index (κ1) is 7.91. The highest BCUT2D eigenvalue weighted by molar-refractivity contribution is 6.04. The standard InChI is InChI=1S/C13H13NO/c15-12-13(5-6-13)8-10-7-9-3-1-2-4-11(9)14(10)12/h1-4,10H,5-8H2. The number of benzene rings is 1. The van der Waals surface area contributed by atoms with Crippen LogP contribution in [0.4, 0.5) is 5.69 Å². The molecule has 2 nitrogen and oxygen atoms in total. The minimum atomic E-state index is 0.0815. The molecule has 2 heterocycles. The van der Waals surface area contributed by atoms with E-state index in [1.54, 1.807) is 0 Å². The maximum Gasteiger partial charge on any atom is 0.233 e. The highest BCUT2D eigenvalue weighted by atomic mass is 16.2. The number of anilines is 1. The number of carbonyl (C=O) groups is 1. The largest absolute Gasteiger partial charge is 0.308 e. The molecule has 76 valence electrons. The SMILES string of the molecule is O=C1N2c3ccccc3CC2CC12CC2. The summed E-state index contributed by atoms with van der Waals surface area (Å²) in [5.74, 6) is 0.400. The number of hydrogen-bond donors (Lipinski definition) is 0. The normalized spacial score (nSPS) is 29.5. The monoisotopic (exact) mass is 199 g/mol. The van der Waals surface area contributed by atoms with Crippen molar-refractivity contribution in [2.45, 2.75) is 31.7 Å². The van der Waals surface area contributed by atoms with E-state index in [0.717, 1.165) is 25.7 Å². The van der Waals surface area contributed by atoms with Crippen molar-refractivity contribution in [3.8, 4) is 0 Å². The van der Waals surface area contributed by atoms with Crippen LogP contribution in [-0.2, 0) is 11.2 Å². The highest BCUT2D eigenvalue weighted by Gasteiger charge is 2.60. The third-order valence-electron chi connectivity index (χ3n) is 4.22. The lowest BCUT2D eigenvalue weighted by Crippen LogP contribution is -2.30. The van der Waals surface area contributed by atoms with E-state index in [2.05, 4.69) is 23.1 Å². The first-order chi connectivity index (χ1) is 7.30. The maximum absolute atomic E-state index is 12.3. The summed E-state index contributed by atoms with van der Waals surface area (Å²) in [6.07, 6.45) is 4.42. The minimum absolute atomic E-state index is 0.0815. The van der Waals surface area contributed by atoms with Crippen molar-refractivity contribution < 1.29 is 4.79 Å². The molecule has 2 aliphatic heterocycles. The average Bonchev–Trinajstić information content (AvgIpc) is 2.85. The van der Waals surface area contributed by atoms with E-state index in [1.165, 1.54) is 11.3 Å². The van der Waals surface area contributed by atoms with Crippen LogP contribution < -0.4 is 4.90 Å². The summed E-state index contributed by atoms with van der Waals surface area (Å²) < 4.78 is 0. The molecule has 2 heteroatoms. The molecule has 1 saturated carbocycles. The van der Waals surface area contributed by atoms with Crippen LogP contribution in [0.2, 0.25) is 0 Å². The van der Waals surface area contributed by atoms with Gasteiger partial charge in [-0.15, -0.1) is 0 Å². The summed E-state index contributed by atoms with van der Waals surface area (Å²) in [7, 11) is 0. The van der Waals surface area contributed by atoms with Crippen molar-refractivity contribution in [2.75, 3.05) is 4.90 Å². The molecule has 15 heavy (non-hydrogen) atoms. The number of para-hydroxylation sites is 1. The Kier molecular flexibility index (Phi) is 1.19. The van der Waals surface area contributed by atoms with Crippen molar-refractivity contribution in [3.63, 3.8) is 0 Å². The molecule has 2 fully saturated rings. The van der Waals surface area contributed by atoms with Gasteiger partial charge in [-0.2, -0.15) is 0 Å². The molecule has 1 spiro atoms. The van der Waals surface area contributed by atoms with Crippen molar-refractivity contribution in [3.05, 3.63) is 29.8 Å². The predicted molar refractivity (Wildman–Crippen MR) is 57.7 cm³/mol. The number of hydrogen-bond acceptors (Lipinski definition) is 1. The molecule has 3 aliphatic rings. The first-order valence-electron chi connectivity index (χ1n) is 5.72. The molecule has 1 aromatic rings. The fraction of sp³-hybridized carbons (Fsp3) is 0.462. The smallest absolute Gasteiger partial charge is 0.233 e. The molecule has 0 N–H and O–H groups in total. The Balaban J connectivity index is 1.85. The number of carbonyl (C=O) groups excluding carboxylic acids is 1. The number of nitrogens with zero attached hydrogens (tertiary/aromatic N) is 1. The molecule has 1 amide bonds. The van der Waals surface area contributed by atoms with Crippen molar-refractivity contribution in [1.29, 1.82) is 0 Å². The van der Waals surface area contributed by atoms with Gasteiger partial charge in [-0.25, -0.2) is 0 Å². The average molecular weight is 199 g/mol. The predicted octanol–water partition coefficient (Wildman–Crippen LogP) is 2.13. The Hall–Kier alpha value is -1.31. The molecule has 0 bridgehead atoms. The molecule has 1 aromatic carbocycles. The van der Waals surface area contributed by atoms with Crippen LogP contribution in [0.5, 0.6) is 0 Å². The van der Waals surface area contributed by atoms with E-state index in [4.69, 9.17) is 0 Å². The van der Waals surface area contributed by atoms with E-state index in [9.17, 15) is 4.79 Å². The van der Waals surface area contributed by atoms with Crippen LogP contribution in [0.3, 0.4) is 0 Å². The van der Waals surface area contributed by atoms with Gasteiger partial charge in [-0.1, -0.05) is 18.2 Å². The third-order valence-corrected chi connectivity index (χ3v) is 4.22. The van der Waals surface area contributed by atoms with Crippen molar-refractivity contribution in [2.24, 2.45) is 5.41 Å². The summed E-state index contributed by atoms with van der Waals surface area (Å²) in [5.41, 5.74) is 2.61. The van der Waals surface area contributed by atoms with Gasteiger partial charge in [0.2, 0.25) is 5.91 Å². The summed E-state index contributed by atoms with van der Waals surface area (Å²) in [6.45, 7) is 0. The number of rotatable bonds is 0. The van der Waals surface area contributed by atoms with Gasteiger partial charge in [0.15, 0.2) is 0 Å². The molecule has 1 saturated heterocycles. The molecular weight excluding hydrogens is 186 g/mol. The fourth-order valence-electron chi connectivity index (χ4n) is 3.26. The van der Waals surface area contributed by atoms with Crippen molar-refractivity contribution in [1.82, 2.24) is 0 Å². The van der Waals surface area contributed by atoms with Gasteiger partial charge < -0.3 is 4.90 Å². The lowest BCUT2D eigenvalue weighted by atomic mass is 9.98. The summed E-state index contributed by atoms with van der Waals surface area (Å²) in [4.78, 5) is 14.3. The molecule has 1 aliphatic carbocycles. The van der Waals surface area contributed by atoms with Gasteiger partial charge >= 0.3 is 0 Å². The topological polar surface area (TPSA) is 20.3 Å². The Morgan fingerprint density at radius 3 is 2.87 bits per heavy atom. The number of amides is 1. The quantitative estimate of drug-likeness (QED) is 0.626. The molecule has 1 unspecified atom stereocenters. The Morgan fingerprint density at radius 2 is 2.07 bits per heavy atom. The first-order valence-corrected chi connectivity index (χ1v) is 5.72.